The van der Waals surface area contributed by atoms with Crippen molar-refractivity contribution >= 4 is 5.97 Å². The molecule has 27 heavy (non-hydrogen) atoms. The Bertz CT molecular complexity index is 979. The molecule has 0 saturated carbocycles. The van der Waals surface area contributed by atoms with Gasteiger partial charge in [-0.05, 0) is 48.7 Å². The van der Waals surface area contributed by atoms with Crippen LogP contribution in [0.2, 0.25) is 0 Å². The molecule has 138 valence electrons. The maximum absolute atomic E-state index is 12.4. The van der Waals surface area contributed by atoms with Gasteiger partial charge in [-0.15, -0.1) is 0 Å². The minimum Gasteiger partial charge on any atom is -0.497 e. The summed E-state index contributed by atoms with van der Waals surface area (Å²) in [5.41, 5.74) is 1.45. The van der Waals surface area contributed by atoms with Crippen molar-refractivity contribution in [1.82, 2.24) is 9.78 Å². The fourth-order valence-corrected chi connectivity index (χ4v) is 2.83. The summed E-state index contributed by atoms with van der Waals surface area (Å²) in [5.74, 6) is -0.567. The summed E-state index contributed by atoms with van der Waals surface area (Å²) >= 11 is 0. The van der Waals surface area contributed by atoms with E-state index >= 15 is 0 Å². The van der Waals surface area contributed by atoms with Gasteiger partial charge in [0.1, 0.15) is 11.3 Å². The molecular formula is C21H20N2O4. The summed E-state index contributed by atoms with van der Waals surface area (Å²) in [4.78, 5) is 23.9. The number of ether oxygens (including phenoxy) is 1. The van der Waals surface area contributed by atoms with E-state index < -0.39 is 11.5 Å². The third-order valence-corrected chi connectivity index (χ3v) is 4.27. The molecule has 0 saturated heterocycles. The molecule has 0 aliphatic rings. The van der Waals surface area contributed by atoms with E-state index in [0.29, 0.717) is 24.4 Å². The lowest BCUT2D eigenvalue weighted by molar-refractivity contribution is 0.0693. The first-order valence-electron chi connectivity index (χ1n) is 8.62. The number of carboxylic acid groups (broad SMARTS) is 1. The molecule has 6 heteroatoms. The Labute approximate surface area is 156 Å². The molecule has 0 atom stereocenters. The number of aryl methyl sites for hydroxylation is 2. The fourth-order valence-electron chi connectivity index (χ4n) is 2.83. The average molecular weight is 364 g/mol. The molecule has 0 radical (unpaired) electrons. The van der Waals surface area contributed by atoms with Gasteiger partial charge < -0.3 is 9.84 Å². The second kappa shape index (κ2) is 8.31. The molecule has 2 aromatic carbocycles. The number of nitrogens with zero attached hydrogens (tertiary/aromatic N) is 2. The Morgan fingerprint density at radius 3 is 2.44 bits per heavy atom. The first-order chi connectivity index (χ1) is 13.1. The number of methoxy groups -OCH3 is 1. The summed E-state index contributed by atoms with van der Waals surface area (Å²) < 4.78 is 6.38. The Balaban J connectivity index is 1.88. The summed E-state index contributed by atoms with van der Waals surface area (Å²) in [6.45, 7) is 0.345. The molecular weight excluding hydrogens is 344 g/mol. The van der Waals surface area contributed by atoms with Crippen molar-refractivity contribution < 1.29 is 14.6 Å². The molecule has 3 aromatic rings. The smallest absolute Gasteiger partial charge is 0.341 e. The molecule has 0 bridgehead atoms. The minimum atomic E-state index is -1.26. The SMILES string of the molecule is COc1ccc(-c2cc(C(=O)O)c(=O)n(CCCc3ccccc3)n2)cc1. The third kappa shape index (κ3) is 4.41. The Morgan fingerprint density at radius 2 is 1.81 bits per heavy atom. The Kier molecular flexibility index (Phi) is 5.66. The van der Waals surface area contributed by atoms with Crippen molar-refractivity contribution in [2.24, 2.45) is 0 Å². The number of hydrogen-bond donors (Lipinski definition) is 1. The van der Waals surface area contributed by atoms with Crippen molar-refractivity contribution in [3.63, 3.8) is 0 Å². The highest BCUT2D eigenvalue weighted by Gasteiger charge is 2.15. The first-order valence-corrected chi connectivity index (χ1v) is 8.62. The van der Waals surface area contributed by atoms with E-state index in [9.17, 15) is 14.7 Å². The molecule has 3 rings (SSSR count). The highest BCUT2D eigenvalue weighted by molar-refractivity contribution is 5.88. The summed E-state index contributed by atoms with van der Waals surface area (Å²) in [5, 5.41) is 13.8. The number of carboxylic acids is 1. The molecule has 1 heterocycles. The Hall–Kier alpha value is -3.41. The van der Waals surface area contributed by atoms with Gasteiger partial charge in [0.15, 0.2) is 0 Å². The second-order valence-corrected chi connectivity index (χ2v) is 6.09. The van der Waals surface area contributed by atoms with Crippen LogP contribution in [0, 0.1) is 0 Å². The van der Waals surface area contributed by atoms with Gasteiger partial charge in [0.25, 0.3) is 5.56 Å². The maximum atomic E-state index is 12.4. The molecule has 1 N–H and O–H groups in total. The van der Waals surface area contributed by atoms with Gasteiger partial charge >= 0.3 is 5.97 Å². The second-order valence-electron chi connectivity index (χ2n) is 6.09. The van der Waals surface area contributed by atoms with Crippen LogP contribution in [0.15, 0.2) is 65.5 Å². The van der Waals surface area contributed by atoms with Gasteiger partial charge in [-0.25, -0.2) is 9.48 Å². The molecule has 0 spiro atoms. The number of rotatable bonds is 7. The lowest BCUT2D eigenvalue weighted by Crippen LogP contribution is -2.29. The lowest BCUT2D eigenvalue weighted by atomic mass is 10.1. The minimum absolute atomic E-state index is 0.282. The first kappa shape index (κ1) is 18.4. The molecule has 0 amide bonds. The zero-order valence-corrected chi connectivity index (χ0v) is 15.0. The van der Waals surface area contributed by atoms with Gasteiger partial charge in [0.05, 0.1) is 12.8 Å². The van der Waals surface area contributed by atoms with Crippen molar-refractivity contribution in [1.29, 1.82) is 0 Å². The van der Waals surface area contributed by atoms with Crippen LogP contribution < -0.4 is 10.3 Å². The van der Waals surface area contributed by atoms with Gasteiger partial charge in [0.2, 0.25) is 0 Å². The van der Waals surface area contributed by atoms with Crippen LogP contribution in [0.25, 0.3) is 11.3 Å². The van der Waals surface area contributed by atoms with Crippen molar-refractivity contribution in [2.45, 2.75) is 19.4 Å². The number of hydrogen-bond acceptors (Lipinski definition) is 4. The van der Waals surface area contributed by atoms with E-state index in [4.69, 9.17) is 4.74 Å². The molecule has 0 aliphatic heterocycles. The van der Waals surface area contributed by atoms with E-state index in [1.165, 1.54) is 10.7 Å². The van der Waals surface area contributed by atoms with Crippen LogP contribution in [0.1, 0.15) is 22.3 Å². The number of aromatic carboxylic acids is 1. The quantitative estimate of drug-likeness (QED) is 0.696. The molecule has 0 aliphatic carbocycles. The topological polar surface area (TPSA) is 81.4 Å². The number of benzene rings is 2. The van der Waals surface area contributed by atoms with Crippen molar-refractivity contribution in [3.8, 4) is 17.0 Å². The van der Waals surface area contributed by atoms with Crippen molar-refractivity contribution in [3.05, 3.63) is 82.1 Å². The number of carbonyl (C=O) groups is 1. The molecule has 6 nitrogen and oxygen atoms in total. The van der Waals surface area contributed by atoms with Gasteiger partial charge in [-0.1, -0.05) is 30.3 Å². The van der Waals surface area contributed by atoms with Crippen molar-refractivity contribution in [2.75, 3.05) is 7.11 Å². The highest BCUT2D eigenvalue weighted by Crippen LogP contribution is 2.20. The lowest BCUT2D eigenvalue weighted by Gasteiger charge is -2.10. The predicted octanol–water partition coefficient (Wildman–Crippen LogP) is 3.25. The van der Waals surface area contributed by atoms with Crippen LogP contribution >= 0.6 is 0 Å². The van der Waals surface area contributed by atoms with Crippen LogP contribution in [0.3, 0.4) is 0 Å². The summed E-state index contributed by atoms with van der Waals surface area (Å²) in [6, 6.07) is 18.3. The van der Waals surface area contributed by atoms with E-state index in [2.05, 4.69) is 5.10 Å². The van der Waals surface area contributed by atoms with Gasteiger partial charge in [-0.3, -0.25) is 4.79 Å². The fraction of sp³-hybridized carbons (Fsp3) is 0.190. The van der Waals surface area contributed by atoms with Crippen LogP contribution in [0.5, 0.6) is 5.75 Å². The number of aromatic nitrogens is 2. The third-order valence-electron chi connectivity index (χ3n) is 4.27. The van der Waals surface area contributed by atoms with Gasteiger partial charge in [0, 0.05) is 12.1 Å². The zero-order valence-electron chi connectivity index (χ0n) is 15.0. The summed E-state index contributed by atoms with van der Waals surface area (Å²) in [7, 11) is 1.57. The maximum Gasteiger partial charge on any atom is 0.341 e. The molecule has 0 unspecified atom stereocenters. The predicted molar refractivity (Wildman–Crippen MR) is 102 cm³/mol. The average Bonchev–Trinajstić information content (AvgIpc) is 2.70. The van der Waals surface area contributed by atoms with Crippen LogP contribution in [-0.4, -0.2) is 28.0 Å². The zero-order chi connectivity index (χ0) is 19.2. The normalized spacial score (nSPS) is 10.6. The highest BCUT2D eigenvalue weighted by atomic mass is 16.5. The van der Waals surface area contributed by atoms with E-state index in [-0.39, 0.29) is 5.56 Å². The Morgan fingerprint density at radius 1 is 1.11 bits per heavy atom. The standard InChI is InChI=1S/C21H20N2O4/c1-27-17-11-9-16(10-12-17)19-14-18(21(25)26)20(24)23(22-19)13-5-8-15-6-3-2-4-7-15/h2-4,6-7,9-12,14H,5,8,13H2,1H3,(H,25,26). The van der Waals surface area contributed by atoms with E-state index in [0.717, 1.165) is 17.5 Å². The molecule has 0 fully saturated rings. The summed E-state index contributed by atoms with van der Waals surface area (Å²) in [6.07, 6.45) is 1.46. The van der Waals surface area contributed by atoms with Crippen LogP contribution in [0.4, 0.5) is 0 Å². The van der Waals surface area contributed by atoms with E-state index in [1.54, 1.807) is 31.4 Å². The monoisotopic (exact) mass is 364 g/mol. The van der Waals surface area contributed by atoms with Gasteiger partial charge in [-0.2, -0.15) is 5.10 Å². The molecule has 1 aromatic heterocycles. The largest absolute Gasteiger partial charge is 0.497 e. The van der Waals surface area contributed by atoms with Crippen LogP contribution in [-0.2, 0) is 13.0 Å². The van der Waals surface area contributed by atoms with E-state index in [1.807, 2.05) is 30.3 Å².